The van der Waals surface area contributed by atoms with E-state index in [1.165, 1.54) is 50.6 Å². The van der Waals surface area contributed by atoms with Crippen LogP contribution in [0.4, 0.5) is 11.4 Å². The summed E-state index contributed by atoms with van der Waals surface area (Å²) >= 11 is 0.966. The van der Waals surface area contributed by atoms with Crippen LogP contribution in [0.3, 0.4) is 0 Å². The maximum absolute atomic E-state index is 12.3. The number of hydrogen-bond donors (Lipinski definition) is 2. The van der Waals surface area contributed by atoms with Crippen molar-refractivity contribution < 1.29 is 34.1 Å². The molecule has 0 atom stereocenters. The highest BCUT2D eigenvalue weighted by Gasteiger charge is 2.33. The lowest BCUT2D eigenvalue weighted by Gasteiger charge is -2.10. The van der Waals surface area contributed by atoms with Crippen molar-refractivity contribution >= 4 is 40.2 Å². The molecule has 1 heterocycles. The zero-order chi connectivity index (χ0) is 23.4. The Kier molecular flexibility index (Phi) is 6.69. The van der Waals surface area contributed by atoms with Gasteiger partial charge in [-0.05, 0) is 29.8 Å². The Morgan fingerprint density at radius 3 is 2.53 bits per heavy atom. The quantitative estimate of drug-likeness (QED) is 0.371. The van der Waals surface area contributed by atoms with Gasteiger partial charge in [-0.2, -0.15) is 0 Å². The maximum atomic E-state index is 12.3. The third-order valence-electron chi connectivity index (χ3n) is 4.33. The average Bonchev–Trinajstić information content (AvgIpc) is 3.07. The van der Waals surface area contributed by atoms with E-state index in [4.69, 9.17) is 14.2 Å². The van der Waals surface area contributed by atoms with Gasteiger partial charge in [-0.1, -0.05) is 17.8 Å². The minimum absolute atomic E-state index is 0.103. The average molecular weight is 458 g/mol. The molecule has 2 aromatic carbocycles. The van der Waals surface area contributed by atoms with Gasteiger partial charge in [0, 0.05) is 12.1 Å². The first-order valence-electron chi connectivity index (χ1n) is 8.99. The van der Waals surface area contributed by atoms with Gasteiger partial charge in [0.25, 0.3) is 5.69 Å². The number of aliphatic hydroxyl groups is 1. The lowest BCUT2D eigenvalue weighted by molar-refractivity contribution is -0.384. The molecular weight excluding hydrogens is 440 g/mol. The number of ether oxygens (including phenoxy) is 3. The third kappa shape index (κ3) is 4.52. The number of nitro groups is 1. The number of carbonyl (C=O) groups excluding carboxylic acids is 1. The molecule has 0 unspecified atom stereocenters. The molecule has 0 aromatic heterocycles. The molecule has 0 spiro atoms. The number of phenolic OH excluding ortho intramolecular Hbond substituents is 1. The molecule has 10 nitrogen and oxygen atoms in total. The Morgan fingerprint density at radius 2 is 1.91 bits per heavy atom. The summed E-state index contributed by atoms with van der Waals surface area (Å²) < 4.78 is 15.1. The number of benzene rings is 2. The van der Waals surface area contributed by atoms with Gasteiger partial charge in [0.1, 0.15) is 16.4 Å². The number of aromatic hydroxyl groups is 1. The van der Waals surface area contributed by atoms with Crippen LogP contribution in [0.1, 0.15) is 5.56 Å². The minimum atomic E-state index is -0.822. The smallest absolute Gasteiger partial charge is 0.344 e. The predicted molar refractivity (Wildman–Crippen MR) is 119 cm³/mol. The van der Waals surface area contributed by atoms with Crippen molar-refractivity contribution in [3.05, 3.63) is 68.3 Å². The van der Waals surface area contributed by atoms with E-state index < -0.39 is 10.9 Å². The van der Waals surface area contributed by atoms with Crippen molar-refractivity contribution in [2.24, 2.45) is 4.99 Å². The Morgan fingerprint density at radius 1 is 1.16 bits per heavy atom. The lowest BCUT2D eigenvalue weighted by atomic mass is 10.1. The van der Waals surface area contributed by atoms with Gasteiger partial charge in [0.2, 0.25) is 5.75 Å². The van der Waals surface area contributed by atoms with Crippen LogP contribution in [-0.4, -0.2) is 47.5 Å². The van der Waals surface area contributed by atoms with Gasteiger partial charge in [0.05, 0.1) is 36.8 Å². The third-order valence-corrected chi connectivity index (χ3v) is 5.35. The fourth-order valence-corrected chi connectivity index (χ4v) is 3.92. The second-order valence-corrected chi connectivity index (χ2v) is 7.33. The van der Waals surface area contributed by atoms with Gasteiger partial charge in [0.15, 0.2) is 11.5 Å². The number of aliphatic imine (C=N–C) groups is 1. The number of methoxy groups -OCH3 is 3. The molecule has 32 heavy (non-hydrogen) atoms. The molecule has 3 rings (SSSR count). The molecule has 2 N–H and O–H groups in total. The van der Waals surface area contributed by atoms with Crippen molar-refractivity contribution in [2.75, 3.05) is 21.3 Å². The summed E-state index contributed by atoms with van der Waals surface area (Å²) in [6, 6.07) is 8.52. The lowest BCUT2D eigenvalue weighted by Crippen LogP contribution is -2.10. The van der Waals surface area contributed by atoms with Crippen LogP contribution in [0.2, 0.25) is 0 Å². The summed E-state index contributed by atoms with van der Waals surface area (Å²) in [5, 5.41) is 32.0. The van der Waals surface area contributed by atoms with E-state index >= 15 is 0 Å². The highest BCUT2D eigenvalue weighted by molar-refractivity contribution is 8.18. The molecule has 0 bridgehead atoms. The molecule has 0 saturated heterocycles. The van der Waals surface area contributed by atoms with Crippen LogP contribution in [0.25, 0.3) is 6.08 Å². The largest absolute Gasteiger partial charge is 0.506 e. The summed E-state index contributed by atoms with van der Waals surface area (Å²) in [6.45, 7) is 0. The normalized spacial score (nSPS) is 15.8. The SMILES string of the molecule is COC(=O)C1=C(O)C(=Cc2cc(O)c(OC)c(OC)c2)SC1=Nc1cccc([N+](=O)[O-])c1. The minimum Gasteiger partial charge on any atom is -0.506 e. The molecule has 0 radical (unpaired) electrons. The van der Waals surface area contributed by atoms with Gasteiger partial charge in [-0.15, -0.1) is 0 Å². The fraction of sp³-hybridized carbons (Fsp3) is 0.143. The highest BCUT2D eigenvalue weighted by Crippen LogP contribution is 2.43. The van der Waals surface area contributed by atoms with Gasteiger partial charge in [-0.25, -0.2) is 9.79 Å². The van der Waals surface area contributed by atoms with Crippen molar-refractivity contribution in [1.29, 1.82) is 0 Å². The molecule has 0 aliphatic carbocycles. The van der Waals surface area contributed by atoms with Gasteiger partial charge in [-0.3, -0.25) is 10.1 Å². The number of thioether (sulfide) groups is 1. The Hall–Kier alpha value is -3.99. The van der Waals surface area contributed by atoms with Crippen LogP contribution in [0, 0.1) is 10.1 Å². The van der Waals surface area contributed by atoms with E-state index in [1.807, 2.05) is 0 Å². The van der Waals surface area contributed by atoms with E-state index in [-0.39, 0.29) is 49.9 Å². The first-order valence-corrected chi connectivity index (χ1v) is 9.80. The molecule has 166 valence electrons. The number of nitrogens with zero attached hydrogens (tertiary/aromatic N) is 2. The van der Waals surface area contributed by atoms with Crippen LogP contribution in [0.15, 0.2) is 57.6 Å². The van der Waals surface area contributed by atoms with E-state index in [1.54, 1.807) is 6.07 Å². The van der Waals surface area contributed by atoms with E-state index in [0.29, 0.717) is 5.56 Å². The van der Waals surface area contributed by atoms with E-state index in [0.717, 1.165) is 18.9 Å². The van der Waals surface area contributed by atoms with Crippen molar-refractivity contribution in [1.82, 2.24) is 0 Å². The highest BCUT2D eigenvalue weighted by atomic mass is 32.2. The second-order valence-electron chi connectivity index (χ2n) is 6.30. The van der Waals surface area contributed by atoms with E-state index in [9.17, 15) is 25.1 Å². The second kappa shape index (κ2) is 9.43. The topological polar surface area (TPSA) is 141 Å². The molecule has 0 fully saturated rings. The first-order chi connectivity index (χ1) is 15.3. The monoisotopic (exact) mass is 458 g/mol. The Bertz CT molecular complexity index is 1190. The van der Waals surface area contributed by atoms with E-state index in [2.05, 4.69) is 4.99 Å². The number of carbonyl (C=O) groups is 1. The van der Waals surface area contributed by atoms with Crippen molar-refractivity contribution in [3.8, 4) is 17.2 Å². The summed E-state index contributed by atoms with van der Waals surface area (Å²) in [4.78, 5) is 27.3. The number of rotatable bonds is 6. The van der Waals surface area contributed by atoms with Crippen LogP contribution in [0.5, 0.6) is 17.2 Å². The van der Waals surface area contributed by atoms with Crippen molar-refractivity contribution in [2.45, 2.75) is 0 Å². The Balaban J connectivity index is 2.08. The van der Waals surface area contributed by atoms with Crippen LogP contribution < -0.4 is 9.47 Å². The molecule has 1 aliphatic heterocycles. The Labute approximate surface area is 186 Å². The molecule has 2 aromatic rings. The van der Waals surface area contributed by atoms with Gasteiger partial charge < -0.3 is 24.4 Å². The summed E-state index contributed by atoms with van der Waals surface area (Å²) in [7, 11) is 3.96. The number of nitro benzene ring substituents is 1. The molecule has 0 saturated carbocycles. The predicted octanol–water partition coefficient (Wildman–Crippen LogP) is 4.12. The molecule has 0 amide bonds. The van der Waals surface area contributed by atoms with Crippen LogP contribution >= 0.6 is 11.8 Å². The fourth-order valence-electron chi connectivity index (χ4n) is 2.88. The molecule has 1 aliphatic rings. The zero-order valence-electron chi connectivity index (χ0n) is 17.2. The zero-order valence-corrected chi connectivity index (χ0v) is 18.0. The maximum Gasteiger partial charge on any atom is 0.344 e. The molecular formula is C21H18N2O8S. The van der Waals surface area contributed by atoms with Crippen LogP contribution in [-0.2, 0) is 9.53 Å². The summed E-state index contributed by atoms with van der Waals surface area (Å²) in [5.41, 5.74) is 0.329. The standard InChI is InChI=1S/C21H18N2O8S/c1-29-15-8-11(7-14(24)19(15)30-2)9-16-18(25)17(21(26)31-3)20(32-16)22-12-5-4-6-13(10-12)23(27)28/h4-10,24-25H,1-3H3. The number of non-ortho nitro benzene ring substituents is 1. The van der Waals surface area contributed by atoms with Gasteiger partial charge >= 0.3 is 5.97 Å². The van der Waals surface area contributed by atoms with Crippen molar-refractivity contribution in [3.63, 3.8) is 0 Å². The summed E-state index contributed by atoms with van der Waals surface area (Å²) in [6.07, 6.45) is 1.51. The number of esters is 1. The molecule has 11 heteroatoms. The summed E-state index contributed by atoms with van der Waals surface area (Å²) in [5.74, 6) is -0.956. The number of aliphatic hydroxyl groups excluding tert-OH is 1. The number of phenols is 1. The first kappa shape index (κ1) is 22.7. The number of hydrogen-bond acceptors (Lipinski definition) is 10.